The molecule has 2 N–H and O–H groups in total. The molecule has 0 atom stereocenters. The van der Waals surface area contributed by atoms with Gasteiger partial charge in [-0.25, -0.2) is 4.79 Å². The van der Waals surface area contributed by atoms with Crippen molar-refractivity contribution in [3.63, 3.8) is 0 Å². The van der Waals surface area contributed by atoms with E-state index >= 15 is 0 Å². The fraction of sp³-hybridized carbons (Fsp3) is 0.208. The van der Waals surface area contributed by atoms with Gasteiger partial charge in [0, 0.05) is 29.5 Å². The molecule has 0 aliphatic carbocycles. The van der Waals surface area contributed by atoms with Crippen LogP contribution in [-0.2, 0) is 16.0 Å². The van der Waals surface area contributed by atoms with E-state index in [-0.39, 0.29) is 23.5 Å². The number of Topliss-reactive ketones (excluding diaryl/α,β-unsaturated/α-hetero) is 1. The Balaban J connectivity index is 1.67. The lowest BCUT2D eigenvalue weighted by molar-refractivity contribution is -0.115. The number of aromatic amines is 1. The summed E-state index contributed by atoms with van der Waals surface area (Å²) in [4.78, 5) is 39.9. The number of aromatic nitrogens is 1. The molecule has 0 aliphatic rings. The largest absolute Gasteiger partial charge is 0.495 e. The van der Waals surface area contributed by atoms with Crippen LogP contribution in [0.25, 0.3) is 21.9 Å². The normalized spacial score (nSPS) is 11.0. The molecule has 2 aromatic carbocycles. The van der Waals surface area contributed by atoms with Gasteiger partial charge in [-0.2, -0.15) is 0 Å². The van der Waals surface area contributed by atoms with E-state index in [1.54, 1.807) is 13.0 Å². The highest BCUT2D eigenvalue weighted by atomic mass is 16.5. The number of rotatable bonds is 6. The van der Waals surface area contributed by atoms with Crippen molar-refractivity contribution in [1.82, 2.24) is 4.98 Å². The molecule has 164 valence electrons. The summed E-state index contributed by atoms with van der Waals surface area (Å²) in [5.41, 5.74) is 2.98. The number of para-hydroxylation sites is 1. The summed E-state index contributed by atoms with van der Waals surface area (Å²) < 4.78 is 16.2. The summed E-state index contributed by atoms with van der Waals surface area (Å²) in [7, 11) is 2.77. The Hall–Kier alpha value is -4.07. The topological polar surface area (TPSA) is 111 Å². The van der Waals surface area contributed by atoms with Crippen LogP contribution in [0.1, 0.15) is 39.0 Å². The summed E-state index contributed by atoms with van der Waals surface area (Å²) in [5.74, 6) is -0.787. The lowest BCUT2D eigenvalue weighted by Crippen LogP contribution is -2.17. The lowest BCUT2D eigenvalue weighted by Gasteiger charge is -2.10. The third kappa shape index (κ3) is 3.60. The number of ketones is 1. The molecule has 0 spiro atoms. The van der Waals surface area contributed by atoms with Gasteiger partial charge in [-0.05, 0) is 24.6 Å². The van der Waals surface area contributed by atoms with Crippen LogP contribution in [0.15, 0.2) is 40.8 Å². The average molecular weight is 434 g/mol. The molecule has 0 aliphatic heterocycles. The van der Waals surface area contributed by atoms with E-state index in [4.69, 9.17) is 13.9 Å². The lowest BCUT2D eigenvalue weighted by atomic mass is 10.1. The van der Waals surface area contributed by atoms with E-state index in [0.29, 0.717) is 28.3 Å². The third-order valence-electron chi connectivity index (χ3n) is 5.38. The molecule has 2 heterocycles. The number of furan rings is 1. The van der Waals surface area contributed by atoms with Gasteiger partial charge in [0.05, 0.1) is 37.6 Å². The second-order valence-corrected chi connectivity index (χ2v) is 7.40. The number of ether oxygens (including phenoxy) is 2. The van der Waals surface area contributed by atoms with Gasteiger partial charge in [-0.3, -0.25) is 9.59 Å². The van der Waals surface area contributed by atoms with E-state index in [1.165, 1.54) is 21.1 Å². The number of carbonyl (C=O) groups is 3. The molecular formula is C24H22N2O6. The maximum Gasteiger partial charge on any atom is 0.339 e. The Morgan fingerprint density at radius 2 is 1.81 bits per heavy atom. The summed E-state index contributed by atoms with van der Waals surface area (Å²) in [5, 5.41) is 4.62. The predicted octanol–water partition coefficient (Wildman–Crippen LogP) is 4.40. The number of esters is 1. The Morgan fingerprint density at radius 1 is 1.06 bits per heavy atom. The molecule has 0 saturated heterocycles. The monoisotopic (exact) mass is 434 g/mol. The first-order valence-corrected chi connectivity index (χ1v) is 9.93. The second kappa shape index (κ2) is 8.22. The highest BCUT2D eigenvalue weighted by Gasteiger charge is 2.25. The van der Waals surface area contributed by atoms with E-state index < -0.39 is 11.9 Å². The first kappa shape index (κ1) is 21.2. The summed E-state index contributed by atoms with van der Waals surface area (Å²) >= 11 is 0. The molecule has 1 amide bonds. The van der Waals surface area contributed by atoms with Crippen molar-refractivity contribution < 1.29 is 28.3 Å². The number of methoxy groups -OCH3 is 2. The van der Waals surface area contributed by atoms with E-state index in [1.807, 2.05) is 30.3 Å². The Bertz CT molecular complexity index is 1380. The van der Waals surface area contributed by atoms with Crippen molar-refractivity contribution in [2.75, 3.05) is 19.5 Å². The molecule has 0 unspecified atom stereocenters. The van der Waals surface area contributed by atoms with Gasteiger partial charge in [0.2, 0.25) is 5.91 Å². The number of benzene rings is 2. The van der Waals surface area contributed by atoms with Gasteiger partial charge in [0.15, 0.2) is 5.78 Å². The zero-order valence-electron chi connectivity index (χ0n) is 18.1. The molecule has 4 aromatic rings. The van der Waals surface area contributed by atoms with Crippen LogP contribution in [0.5, 0.6) is 5.75 Å². The summed E-state index contributed by atoms with van der Waals surface area (Å²) in [6, 6.07) is 11.1. The number of fused-ring (bicyclic) bond motifs is 3. The zero-order valence-corrected chi connectivity index (χ0v) is 18.1. The fourth-order valence-corrected chi connectivity index (χ4v) is 3.89. The van der Waals surface area contributed by atoms with Crippen molar-refractivity contribution in [3.8, 4) is 5.75 Å². The van der Waals surface area contributed by atoms with Gasteiger partial charge in [-0.1, -0.05) is 18.2 Å². The number of amides is 1. The van der Waals surface area contributed by atoms with E-state index in [9.17, 15) is 14.4 Å². The molecule has 4 rings (SSSR count). The second-order valence-electron chi connectivity index (χ2n) is 7.40. The van der Waals surface area contributed by atoms with Crippen LogP contribution in [0.4, 0.5) is 5.69 Å². The molecule has 0 fully saturated rings. The Morgan fingerprint density at radius 3 is 2.50 bits per heavy atom. The standard InChI is InChI=1S/C24H22N2O6/c1-12-22(24(29)31-4)17(26-23(12)13(2)27)11-21(28)25-16-10-19-15(9-20(16)30-3)14-7-5-6-8-18(14)32-19/h5-10,26H,11H2,1-4H3,(H,25,28). The molecular weight excluding hydrogens is 412 g/mol. The smallest absolute Gasteiger partial charge is 0.339 e. The van der Waals surface area contributed by atoms with Crippen LogP contribution in [-0.4, -0.2) is 36.9 Å². The number of H-pyrrole nitrogens is 1. The first-order chi connectivity index (χ1) is 15.3. The molecule has 0 radical (unpaired) electrons. The van der Waals surface area contributed by atoms with Crippen molar-refractivity contribution >= 4 is 45.3 Å². The summed E-state index contributed by atoms with van der Waals surface area (Å²) in [6.45, 7) is 3.02. The van der Waals surface area contributed by atoms with Gasteiger partial charge in [0.25, 0.3) is 0 Å². The van der Waals surface area contributed by atoms with Crippen LogP contribution < -0.4 is 10.1 Å². The van der Waals surface area contributed by atoms with Gasteiger partial charge >= 0.3 is 5.97 Å². The predicted molar refractivity (Wildman–Crippen MR) is 119 cm³/mol. The molecule has 2 aromatic heterocycles. The molecule has 32 heavy (non-hydrogen) atoms. The number of hydrogen-bond donors (Lipinski definition) is 2. The van der Waals surface area contributed by atoms with Gasteiger partial charge < -0.3 is 24.2 Å². The van der Waals surface area contributed by atoms with E-state index in [2.05, 4.69) is 10.3 Å². The zero-order chi connectivity index (χ0) is 23.0. The van der Waals surface area contributed by atoms with Crippen molar-refractivity contribution in [3.05, 3.63) is 58.9 Å². The minimum absolute atomic E-state index is 0.167. The van der Waals surface area contributed by atoms with Crippen molar-refractivity contribution in [2.45, 2.75) is 20.3 Å². The Kier molecular flexibility index (Phi) is 5.44. The van der Waals surface area contributed by atoms with Gasteiger partial charge in [-0.15, -0.1) is 0 Å². The number of nitrogens with one attached hydrogen (secondary N) is 2. The van der Waals surface area contributed by atoms with Crippen molar-refractivity contribution in [1.29, 1.82) is 0 Å². The van der Waals surface area contributed by atoms with Crippen LogP contribution >= 0.6 is 0 Å². The average Bonchev–Trinajstić information content (AvgIpc) is 3.29. The quantitative estimate of drug-likeness (QED) is 0.344. The van der Waals surface area contributed by atoms with Crippen LogP contribution in [0.3, 0.4) is 0 Å². The van der Waals surface area contributed by atoms with Crippen molar-refractivity contribution in [2.24, 2.45) is 0 Å². The SMILES string of the molecule is COC(=O)c1c(CC(=O)Nc2cc3oc4ccccc4c3cc2OC)[nH]c(C(C)=O)c1C. The number of anilines is 1. The maximum absolute atomic E-state index is 12.9. The highest BCUT2D eigenvalue weighted by molar-refractivity contribution is 6.08. The highest BCUT2D eigenvalue weighted by Crippen LogP contribution is 2.36. The Labute approximate surface area is 183 Å². The summed E-state index contributed by atoms with van der Waals surface area (Å²) in [6.07, 6.45) is -0.167. The minimum Gasteiger partial charge on any atom is -0.495 e. The number of carbonyl (C=O) groups excluding carboxylic acids is 3. The molecule has 8 nitrogen and oxygen atoms in total. The molecule has 8 heteroatoms. The maximum atomic E-state index is 12.9. The van der Waals surface area contributed by atoms with Crippen LogP contribution in [0.2, 0.25) is 0 Å². The minimum atomic E-state index is -0.615. The molecule has 0 bridgehead atoms. The van der Waals surface area contributed by atoms with Gasteiger partial charge in [0.1, 0.15) is 16.9 Å². The third-order valence-corrected chi connectivity index (χ3v) is 5.38. The molecule has 0 saturated carbocycles. The first-order valence-electron chi connectivity index (χ1n) is 9.93. The van der Waals surface area contributed by atoms with Crippen LogP contribution in [0, 0.1) is 6.92 Å². The van der Waals surface area contributed by atoms with E-state index in [0.717, 1.165) is 16.4 Å². The number of hydrogen-bond acceptors (Lipinski definition) is 6. The fourth-order valence-electron chi connectivity index (χ4n) is 3.89.